The number of hydrogen-bond donors (Lipinski definition) is 1. The van der Waals surface area contributed by atoms with Crippen LogP contribution in [0.15, 0.2) is 36.5 Å². The van der Waals surface area contributed by atoms with Crippen molar-refractivity contribution in [3.05, 3.63) is 52.7 Å². The molecule has 1 aliphatic rings. The topological polar surface area (TPSA) is 42.1 Å². The maximum atomic E-state index is 6.11. The number of benzene rings is 1. The van der Waals surface area contributed by atoms with E-state index in [0.29, 0.717) is 17.6 Å². The minimum Gasteiger partial charge on any atom is -0.326 e. The maximum absolute atomic E-state index is 6.11. The van der Waals surface area contributed by atoms with Gasteiger partial charge in [0.25, 0.3) is 0 Å². The van der Waals surface area contributed by atoms with Crippen molar-refractivity contribution in [2.45, 2.75) is 32.4 Å². The highest BCUT2D eigenvalue weighted by Gasteiger charge is 2.25. The Hall–Kier alpha value is -1.58. The Morgan fingerprint density at radius 2 is 2.20 bits per heavy atom. The van der Waals surface area contributed by atoms with Gasteiger partial charge < -0.3 is 10.6 Å². The lowest BCUT2D eigenvalue weighted by Gasteiger charge is -2.36. The number of nitrogens with zero attached hydrogens (tertiary/aromatic N) is 2. The number of rotatable bonds is 2. The molecule has 1 unspecified atom stereocenters. The summed E-state index contributed by atoms with van der Waals surface area (Å²) in [5.74, 6) is 0.925. The minimum absolute atomic E-state index is 0.421. The second kappa shape index (κ2) is 5.43. The first-order chi connectivity index (χ1) is 9.70. The van der Waals surface area contributed by atoms with Crippen molar-refractivity contribution in [2.75, 3.05) is 4.90 Å². The summed E-state index contributed by atoms with van der Waals surface area (Å²) in [5.41, 5.74) is 9.30. The fourth-order valence-corrected chi connectivity index (χ4v) is 2.97. The molecular formula is C16H18ClN3. The smallest absolute Gasteiger partial charge is 0.133 e. The van der Waals surface area contributed by atoms with Crippen LogP contribution in [0.3, 0.4) is 0 Å². The van der Waals surface area contributed by atoms with Crippen LogP contribution in [-0.2, 0) is 13.0 Å². The summed E-state index contributed by atoms with van der Waals surface area (Å²) in [5, 5.41) is 0.634. The molecule has 4 heteroatoms. The Morgan fingerprint density at radius 3 is 3.00 bits per heavy atom. The van der Waals surface area contributed by atoms with Crippen LogP contribution in [0.5, 0.6) is 0 Å². The summed E-state index contributed by atoms with van der Waals surface area (Å²) in [4.78, 5) is 6.78. The lowest BCUT2D eigenvalue weighted by Crippen LogP contribution is -2.33. The van der Waals surface area contributed by atoms with Crippen LogP contribution >= 0.6 is 11.6 Å². The van der Waals surface area contributed by atoms with E-state index in [0.717, 1.165) is 24.2 Å². The molecule has 3 nitrogen and oxygen atoms in total. The van der Waals surface area contributed by atoms with Crippen molar-refractivity contribution in [3.63, 3.8) is 0 Å². The molecule has 20 heavy (non-hydrogen) atoms. The molecule has 0 saturated heterocycles. The van der Waals surface area contributed by atoms with Crippen LogP contribution in [0, 0.1) is 0 Å². The molecule has 1 aliphatic heterocycles. The Morgan fingerprint density at radius 1 is 1.40 bits per heavy atom. The zero-order valence-corrected chi connectivity index (χ0v) is 12.3. The highest BCUT2D eigenvalue weighted by Crippen LogP contribution is 2.36. The fraction of sp³-hybridized carbons (Fsp3) is 0.312. The van der Waals surface area contributed by atoms with Crippen LogP contribution in [-0.4, -0.2) is 11.0 Å². The average Bonchev–Trinajstić information content (AvgIpc) is 2.48. The second-order valence-corrected chi connectivity index (χ2v) is 5.63. The summed E-state index contributed by atoms with van der Waals surface area (Å²) in [6.45, 7) is 2.66. The van der Waals surface area contributed by atoms with Gasteiger partial charge in [-0.3, -0.25) is 0 Å². The van der Waals surface area contributed by atoms with Crippen molar-refractivity contribution in [2.24, 2.45) is 5.73 Å². The number of fused-ring (bicyclic) bond motifs is 1. The summed E-state index contributed by atoms with van der Waals surface area (Å²) in [6, 6.07) is 10.9. The molecular weight excluding hydrogens is 270 g/mol. The largest absolute Gasteiger partial charge is 0.326 e. The molecule has 104 valence electrons. The summed E-state index contributed by atoms with van der Waals surface area (Å²) >= 11 is 6.11. The fourth-order valence-electron chi connectivity index (χ4n) is 2.79. The van der Waals surface area contributed by atoms with Crippen molar-refractivity contribution in [3.8, 4) is 0 Å². The van der Waals surface area contributed by atoms with E-state index < -0.39 is 0 Å². The zero-order valence-electron chi connectivity index (χ0n) is 11.5. The molecule has 0 bridgehead atoms. The molecule has 2 aromatic rings. The normalized spacial score (nSPS) is 17.9. The third kappa shape index (κ3) is 2.28. The molecule has 1 atom stereocenters. The molecule has 1 aromatic heterocycles. The van der Waals surface area contributed by atoms with Gasteiger partial charge in [-0.2, -0.15) is 0 Å². The molecule has 3 rings (SSSR count). The molecule has 0 fully saturated rings. The number of aromatic nitrogens is 1. The summed E-state index contributed by atoms with van der Waals surface area (Å²) in [7, 11) is 0. The van der Waals surface area contributed by atoms with E-state index in [2.05, 4.69) is 41.1 Å². The number of hydrogen-bond acceptors (Lipinski definition) is 3. The first kappa shape index (κ1) is 13.4. The van der Waals surface area contributed by atoms with E-state index in [1.165, 1.54) is 11.3 Å². The van der Waals surface area contributed by atoms with Gasteiger partial charge in [0, 0.05) is 24.5 Å². The van der Waals surface area contributed by atoms with Gasteiger partial charge in [0.1, 0.15) is 5.82 Å². The molecule has 0 amide bonds. The monoisotopic (exact) mass is 287 g/mol. The van der Waals surface area contributed by atoms with Gasteiger partial charge >= 0.3 is 0 Å². The summed E-state index contributed by atoms with van der Waals surface area (Å²) < 4.78 is 0. The molecule has 0 aliphatic carbocycles. The van der Waals surface area contributed by atoms with E-state index in [1.54, 1.807) is 6.20 Å². The average molecular weight is 288 g/mol. The number of aryl methyl sites for hydroxylation is 1. The van der Waals surface area contributed by atoms with E-state index in [1.807, 2.05) is 6.07 Å². The summed E-state index contributed by atoms with van der Waals surface area (Å²) in [6.07, 6.45) is 3.94. The molecule has 0 saturated carbocycles. The van der Waals surface area contributed by atoms with E-state index in [9.17, 15) is 0 Å². The van der Waals surface area contributed by atoms with Gasteiger partial charge in [0.2, 0.25) is 0 Å². The molecule has 1 aromatic carbocycles. The van der Waals surface area contributed by atoms with Crippen molar-refractivity contribution in [1.82, 2.24) is 4.98 Å². The van der Waals surface area contributed by atoms with Crippen LogP contribution < -0.4 is 10.6 Å². The van der Waals surface area contributed by atoms with Crippen molar-refractivity contribution in [1.29, 1.82) is 0 Å². The first-order valence-electron chi connectivity index (χ1n) is 6.92. The van der Waals surface area contributed by atoms with E-state index in [-0.39, 0.29) is 0 Å². The highest BCUT2D eigenvalue weighted by atomic mass is 35.5. The van der Waals surface area contributed by atoms with Gasteiger partial charge in [-0.1, -0.05) is 29.8 Å². The second-order valence-electron chi connectivity index (χ2n) is 5.22. The number of para-hydroxylation sites is 1. The van der Waals surface area contributed by atoms with Gasteiger partial charge in [-0.15, -0.1) is 0 Å². The molecule has 2 N–H and O–H groups in total. The lowest BCUT2D eigenvalue weighted by molar-refractivity contribution is 0.613. The van der Waals surface area contributed by atoms with Crippen LogP contribution in [0.2, 0.25) is 5.02 Å². The predicted molar refractivity (Wildman–Crippen MR) is 83.5 cm³/mol. The minimum atomic E-state index is 0.421. The third-order valence-electron chi connectivity index (χ3n) is 3.91. The molecule has 0 radical (unpaired) electrons. The number of anilines is 2. The number of nitrogens with two attached hydrogens (primary N) is 1. The Bertz CT molecular complexity index is 627. The zero-order chi connectivity index (χ0) is 14.1. The van der Waals surface area contributed by atoms with Gasteiger partial charge in [-0.05, 0) is 43.0 Å². The Kier molecular flexibility index (Phi) is 3.64. The van der Waals surface area contributed by atoms with Gasteiger partial charge in [0.15, 0.2) is 0 Å². The van der Waals surface area contributed by atoms with Crippen molar-refractivity contribution < 1.29 is 0 Å². The lowest BCUT2D eigenvalue weighted by atomic mass is 9.96. The maximum Gasteiger partial charge on any atom is 0.133 e. The van der Waals surface area contributed by atoms with Crippen LogP contribution in [0.4, 0.5) is 11.5 Å². The third-order valence-corrected chi connectivity index (χ3v) is 4.25. The Balaban J connectivity index is 2.09. The van der Waals surface area contributed by atoms with E-state index >= 15 is 0 Å². The SMILES string of the molecule is CC1CCc2ccccc2N1c1cc(CN)c(Cl)cn1. The first-order valence-corrected chi connectivity index (χ1v) is 7.30. The Labute approximate surface area is 124 Å². The van der Waals surface area contributed by atoms with Crippen LogP contribution in [0.1, 0.15) is 24.5 Å². The van der Waals surface area contributed by atoms with E-state index in [4.69, 9.17) is 17.3 Å². The molecule has 0 spiro atoms. The predicted octanol–water partition coefficient (Wildman–Crippen LogP) is 3.67. The highest BCUT2D eigenvalue weighted by molar-refractivity contribution is 6.31. The molecule has 2 heterocycles. The quantitative estimate of drug-likeness (QED) is 0.916. The van der Waals surface area contributed by atoms with Crippen LogP contribution in [0.25, 0.3) is 0 Å². The number of halogens is 1. The van der Waals surface area contributed by atoms with Gasteiger partial charge in [0.05, 0.1) is 5.02 Å². The number of pyridine rings is 1. The van der Waals surface area contributed by atoms with Gasteiger partial charge in [-0.25, -0.2) is 4.98 Å². The standard InChI is InChI=1S/C16H18ClN3/c1-11-6-7-12-4-2-3-5-15(12)20(11)16-8-13(9-18)14(17)10-19-16/h2-5,8,10-11H,6-7,9,18H2,1H3. The van der Waals surface area contributed by atoms with Crippen molar-refractivity contribution >= 4 is 23.1 Å².